The summed E-state index contributed by atoms with van der Waals surface area (Å²) in [5, 5.41) is 0. The van der Waals surface area contributed by atoms with E-state index < -0.39 is 32.1 Å². The van der Waals surface area contributed by atoms with Crippen molar-refractivity contribution in [2.45, 2.75) is 180 Å². The van der Waals surface area contributed by atoms with E-state index in [1.807, 2.05) is 6.92 Å². The van der Waals surface area contributed by atoms with E-state index in [4.69, 9.17) is 18.5 Å². The van der Waals surface area contributed by atoms with Crippen molar-refractivity contribution < 1.29 is 37.3 Å². The number of phosphoric ester groups is 1. The van der Waals surface area contributed by atoms with Crippen LogP contribution in [0.15, 0.2) is 0 Å². The van der Waals surface area contributed by atoms with Crippen molar-refractivity contribution in [2.75, 3.05) is 20.7 Å². The lowest BCUT2D eigenvalue weighted by Crippen LogP contribution is -2.55. The fraction of sp³-hybridized carbons (Fsp3) is 0.969. The van der Waals surface area contributed by atoms with Crippen molar-refractivity contribution in [1.29, 1.82) is 0 Å². The van der Waals surface area contributed by atoms with Crippen LogP contribution >= 0.6 is 7.82 Å². The van der Waals surface area contributed by atoms with Crippen LogP contribution in [0.1, 0.15) is 143 Å². The van der Waals surface area contributed by atoms with Crippen LogP contribution in [0.2, 0.25) is 0 Å². The topological polar surface area (TPSA) is 91.3 Å². The van der Waals surface area contributed by atoms with E-state index in [1.54, 1.807) is 6.92 Å². The molecular formula is C32H63NO7P+. The number of nitrogens with zero attached hydrogens (tertiary/aromatic N) is 1. The van der Waals surface area contributed by atoms with Crippen molar-refractivity contribution >= 4 is 13.8 Å². The highest BCUT2D eigenvalue weighted by Gasteiger charge is 2.50. The molecule has 8 nitrogen and oxygen atoms in total. The molecule has 0 aliphatic carbocycles. The second-order valence-electron chi connectivity index (χ2n) is 13.2. The molecule has 2 heterocycles. The van der Waals surface area contributed by atoms with E-state index in [0.717, 1.165) is 43.0 Å². The number of rotatable bonds is 23. The molecule has 242 valence electrons. The highest BCUT2D eigenvalue weighted by molar-refractivity contribution is 7.47. The molecule has 2 fully saturated rings. The fourth-order valence-electron chi connectivity index (χ4n) is 6.83. The first kappa shape index (κ1) is 36.7. The maximum atomic E-state index is 12.9. The van der Waals surface area contributed by atoms with E-state index in [1.165, 1.54) is 84.0 Å². The molecule has 0 amide bonds. The van der Waals surface area contributed by atoms with Gasteiger partial charge in [0.15, 0.2) is 6.10 Å². The third kappa shape index (κ3) is 13.8. The molecular weight excluding hydrogens is 541 g/mol. The van der Waals surface area contributed by atoms with E-state index >= 15 is 0 Å². The third-order valence-corrected chi connectivity index (χ3v) is 10.6. The Morgan fingerprint density at radius 1 is 0.829 bits per heavy atom. The van der Waals surface area contributed by atoms with Crippen LogP contribution in [0, 0.1) is 0 Å². The van der Waals surface area contributed by atoms with Crippen LogP contribution in [0.3, 0.4) is 0 Å². The lowest BCUT2D eigenvalue weighted by atomic mass is 9.98. The van der Waals surface area contributed by atoms with E-state index in [9.17, 15) is 14.3 Å². The number of hydrogen-bond donors (Lipinski definition) is 1. The Labute approximate surface area is 251 Å². The average molecular weight is 605 g/mol. The first-order valence-electron chi connectivity index (χ1n) is 16.8. The number of unbranched alkanes of at least 4 members (excludes halogenated alkanes) is 13. The highest BCUT2D eigenvalue weighted by atomic mass is 31.2. The lowest BCUT2D eigenvalue weighted by molar-refractivity contribution is -0.931. The van der Waals surface area contributed by atoms with Gasteiger partial charge in [-0.05, 0) is 20.3 Å². The second kappa shape index (κ2) is 19.0. The molecule has 0 saturated carbocycles. The molecule has 9 heteroatoms. The number of hydrogen-bond acceptors (Lipinski definition) is 6. The van der Waals surface area contributed by atoms with Crippen molar-refractivity contribution in [2.24, 2.45) is 0 Å². The molecule has 1 N–H and O–H groups in total. The summed E-state index contributed by atoms with van der Waals surface area (Å²) in [6.07, 6.45) is 19.5. The summed E-state index contributed by atoms with van der Waals surface area (Å²) in [5.41, 5.74) is 0. The van der Waals surface area contributed by atoms with Gasteiger partial charge in [-0.15, -0.1) is 0 Å². The monoisotopic (exact) mass is 604 g/mol. The van der Waals surface area contributed by atoms with Crippen LogP contribution in [-0.4, -0.2) is 72.5 Å². The molecule has 2 bridgehead atoms. The maximum Gasteiger partial charge on any atom is 0.472 e. The molecule has 0 aromatic rings. The molecule has 6 unspecified atom stereocenters. The Kier molecular flexibility index (Phi) is 17.0. The minimum atomic E-state index is -4.34. The van der Waals surface area contributed by atoms with Crippen molar-refractivity contribution in [3.05, 3.63) is 0 Å². The number of piperidine rings is 1. The molecule has 0 radical (unpaired) electrons. The quantitative estimate of drug-likeness (QED) is 0.0545. The van der Waals surface area contributed by atoms with Gasteiger partial charge in [0, 0.05) is 39.2 Å². The summed E-state index contributed by atoms with van der Waals surface area (Å²) in [6, 6.07) is 0.876. The summed E-state index contributed by atoms with van der Waals surface area (Å²) in [4.78, 5) is 22.4. The molecule has 2 aliphatic rings. The molecule has 0 spiro atoms. The molecule has 0 aromatic carbocycles. The van der Waals surface area contributed by atoms with Crippen LogP contribution in [0.5, 0.6) is 0 Å². The summed E-state index contributed by atoms with van der Waals surface area (Å²) in [6.45, 7) is 7.60. The van der Waals surface area contributed by atoms with Gasteiger partial charge in [0.25, 0.3) is 0 Å². The molecule has 6 atom stereocenters. The number of ether oxygens (including phenoxy) is 2. The zero-order valence-corrected chi connectivity index (χ0v) is 28.1. The van der Waals surface area contributed by atoms with Crippen LogP contribution in [0.25, 0.3) is 0 Å². The van der Waals surface area contributed by atoms with Crippen molar-refractivity contribution in [1.82, 2.24) is 0 Å². The third-order valence-electron chi connectivity index (χ3n) is 9.47. The van der Waals surface area contributed by atoms with Crippen molar-refractivity contribution in [3.8, 4) is 0 Å². The number of carbonyl (C=O) groups is 1. The Morgan fingerprint density at radius 3 is 1.76 bits per heavy atom. The number of carbonyl (C=O) groups excluding carboxylic acids is 1. The van der Waals surface area contributed by atoms with Crippen molar-refractivity contribution in [3.63, 3.8) is 0 Å². The fourth-order valence-corrected chi connectivity index (χ4v) is 7.96. The van der Waals surface area contributed by atoms with E-state index in [2.05, 4.69) is 21.0 Å². The number of quaternary nitrogens is 1. The molecule has 2 saturated heterocycles. The number of esters is 1. The van der Waals surface area contributed by atoms with Crippen LogP contribution < -0.4 is 0 Å². The largest absolute Gasteiger partial charge is 0.472 e. The Bertz CT molecular complexity index is 763. The van der Waals surface area contributed by atoms with Gasteiger partial charge >= 0.3 is 13.8 Å². The van der Waals surface area contributed by atoms with Gasteiger partial charge in [0.2, 0.25) is 0 Å². The maximum absolute atomic E-state index is 12.9. The predicted molar refractivity (Wildman–Crippen MR) is 165 cm³/mol. The molecule has 0 aromatic heterocycles. The lowest BCUT2D eigenvalue weighted by Gasteiger charge is -2.44. The summed E-state index contributed by atoms with van der Waals surface area (Å²) in [7, 11) is 0.133. The molecule has 41 heavy (non-hydrogen) atoms. The van der Waals surface area contributed by atoms with E-state index in [-0.39, 0.29) is 6.10 Å². The van der Waals surface area contributed by atoms with Gasteiger partial charge in [-0.1, -0.05) is 90.4 Å². The van der Waals surface area contributed by atoms with Gasteiger partial charge < -0.3 is 18.9 Å². The summed E-state index contributed by atoms with van der Waals surface area (Å²) in [5.74, 6) is -0.477. The zero-order chi connectivity index (χ0) is 30.3. The SMILES string of the molecule is CCCCCCCCCCCCCCCCOC(C)C(OC(C)=O)C(C)OP(=O)(O)OC1CC2CCC(C1)[N+]2(C)C. The van der Waals surface area contributed by atoms with Gasteiger partial charge in [-0.2, -0.15) is 0 Å². The molecule has 2 aliphatic heterocycles. The first-order valence-corrected chi connectivity index (χ1v) is 18.3. The van der Waals surface area contributed by atoms with Crippen LogP contribution in [0.4, 0.5) is 0 Å². The zero-order valence-electron chi connectivity index (χ0n) is 27.2. The van der Waals surface area contributed by atoms with Crippen LogP contribution in [-0.2, 0) is 27.9 Å². The summed E-state index contributed by atoms with van der Waals surface area (Å²) < 4.78 is 36.5. The highest BCUT2D eigenvalue weighted by Crippen LogP contribution is 2.51. The Hall–Kier alpha value is -0.500. The smallest absolute Gasteiger partial charge is 0.457 e. The standard InChI is InChI=1S/C32H62NO7P/c1-7-8-9-10-11-12-13-14-15-16-17-18-19-20-23-37-26(2)32(38-28(4)34)27(3)39-41(35,36)40-31-24-29-21-22-30(25-31)33(29,5)6/h26-27,29-32H,7-25H2,1-6H3/p+1. The number of phosphoric acid groups is 1. The Balaban J connectivity index is 1.62. The first-order chi connectivity index (χ1) is 19.5. The predicted octanol–water partition coefficient (Wildman–Crippen LogP) is 8.10. The van der Waals surface area contributed by atoms with E-state index in [0.29, 0.717) is 18.7 Å². The second-order valence-corrected chi connectivity index (χ2v) is 14.6. The van der Waals surface area contributed by atoms with Gasteiger partial charge in [-0.3, -0.25) is 13.8 Å². The van der Waals surface area contributed by atoms with Gasteiger partial charge in [0.05, 0.1) is 38.4 Å². The minimum Gasteiger partial charge on any atom is -0.457 e. The molecule has 2 rings (SSSR count). The normalized spacial score (nSPS) is 25.4. The number of fused-ring (bicyclic) bond motifs is 2. The Morgan fingerprint density at radius 2 is 1.29 bits per heavy atom. The van der Waals surface area contributed by atoms with Gasteiger partial charge in [-0.25, -0.2) is 4.57 Å². The van der Waals surface area contributed by atoms with Gasteiger partial charge in [0.1, 0.15) is 6.10 Å². The summed E-state index contributed by atoms with van der Waals surface area (Å²) >= 11 is 0. The average Bonchev–Trinajstić information content (AvgIpc) is 3.04. The minimum absolute atomic E-state index is 0.303.